The molecule has 0 saturated carbocycles. The van der Waals surface area contributed by atoms with E-state index in [-0.39, 0.29) is 29.9 Å². The van der Waals surface area contributed by atoms with Gasteiger partial charge in [0.05, 0.1) is 20.3 Å². The molecule has 1 amide bonds. The highest BCUT2D eigenvalue weighted by molar-refractivity contribution is 14.0. The molecule has 2 N–H and O–H groups in total. The molecule has 0 saturated heterocycles. The first-order chi connectivity index (χ1) is 13.6. The summed E-state index contributed by atoms with van der Waals surface area (Å²) in [4.78, 5) is 18.5. The molecule has 0 atom stereocenters. The van der Waals surface area contributed by atoms with Crippen LogP contribution in [0.3, 0.4) is 0 Å². The number of hydrogen-bond donors (Lipinski definition) is 2. The maximum Gasteiger partial charge on any atom is 0.224 e. The quantitative estimate of drug-likeness (QED) is 0.251. The molecule has 0 spiro atoms. The third-order valence-electron chi connectivity index (χ3n) is 4.20. The molecule has 0 aliphatic carbocycles. The number of carbonyl (C=O) groups excluding carboxylic acids is 1. The molecule has 0 radical (unpaired) electrons. The van der Waals surface area contributed by atoms with E-state index < -0.39 is 0 Å². The lowest BCUT2D eigenvalue weighted by Crippen LogP contribution is -2.40. The molecule has 1 aromatic rings. The number of carbonyl (C=O) groups is 1. The molecule has 0 fully saturated rings. The molecule has 8 heteroatoms. The van der Waals surface area contributed by atoms with Gasteiger partial charge in [-0.2, -0.15) is 0 Å². The first kappa shape index (κ1) is 27.3. The summed E-state index contributed by atoms with van der Waals surface area (Å²) in [5, 5.41) is 6.44. The number of nitrogens with one attached hydrogen (secondary N) is 2. The second-order valence-corrected chi connectivity index (χ2v) is 6.27. The van der Waals surface area contributed by atoms with Crippen molar-refractivity contribution in [3.05, 3.63) is 23.8 Å². The zero-order chi connectivity index (χ0) is 20.8. The Bertz CT molecular complexity index is 622. The number of rotatable bonds is 12. The molecule has 7 nitrogen and oxygen atoms in total. The predicted octanol–water partition coefficient (Wildman–Crippen LogP) is 3.42. The first-order valence-electron chi connectivity index (χ1n) is 10.2. The maximum atomic E-state index is 12.1. The number of guanidine groups is 1. The van der Waals surface area contributed by atoms with Crippen LogP contribution in [0.5, 0.6) is 11.5 Å². The molecule has 0 aliphatic rings. The SMILES string of the molecule is CCCOc1ccc(CN=C(NCC)NCCC(=O)N(CC)CC)cc1OC.I. The Kier molecular flexibility index (Phi) is 15.2. The Morgan fingerprint density at radius 2 is 1.83 bits per heavy atom. The molecule has 0 unspecified atom stereocenters. The van der Waals surface area contributed by atoms with Gasteiger partial charge in [0.15, 0.2) is 17.5 Å². The van der Waals surface area contributed by atoms with Crippen molar-refractivity contribution in [2.75, 3.05) is 39.9 Å². The zero-order valence-electron chi connectivity index (χ0n) is 18.4. The van der Waals surface area contributed by atoms with E-state index in [2.05, 4.69) is 22.5 Å². The average molecular weight is 520 g/mol. The van der Waals surface area contributed by atoms with Crippen LogP contribution in [0.15, 0.2) is 23.2 Å². The predicted molar refractivity (Wildman–Crippen MR) is 130 cm³/mol. The normalized spacial score (nSPS) is 10.7. The number of methoxy groups -OCH3 is 1. The van der Waals surface area contributed by atoms with Gasteiger partial charge in [-0.05, 0) is 44.9 Å². The second-order valence-electron chi connectivity index (χ2n) is 6.27. The van der Waals surface area contributed by atoms with Crippen molar-refractivity contribution in [1.82, 2.24) is 15.5 Å². The fraction of sp³-hybridized carbons (Fsp3) is 0.619. The highest BCUT2D eigenvalue weighted by Gasteiger charge is 2.09. The van der Waals surface area contributed by atoms with E-state index in [0.717, 1.165) is 37.4 Å². The number of ether oxygens (including phenoxy) is 2. The first-order valence-corrected chi connectivity index (χ1v) is 10.2. The average Bonchev–Trinajstić information content (AvgIpc) is 2.71. The van der Waals surface area contributed by atoms with Crippen LogP contribution >= 0.6 is 24.0 Å². The van der Waals surface area contributed by atoms with E-state index in [1.807, 2.05) is 43.9 Å². The number of amides is 1. The fourth-order valence-corrected chi connectivity index (χ4v) is 2.68. The van der Waals surface area contributed by atoms with E-state index in [1.165, 1.54) is 0 Å². The summed E-state index contributed by atoms with van der Waals surface area (Å²) >= 11 is 0. The fourth-order valence-electron chi connectivity index (χ4n) is 2.68. The van der Waals surface area contributed by atoms with Gasteiger partial charge in [0.2, 0.25) is 5.91 Å². The van der Waals surface area contributed by atoms with Crippen molar-refractivity contribution >= 4 is 35.8 Å². The molecule has 0 heterocycles. The third kappa shape index (κ3) is 10.0. The molecule has 0 aliphatic heterocycles. The highest BCUT2D eigenvalue weighted by atomic mass is 127. The molecule has 0 bridgehead atoms. The lowest BCUT2D eigenvalue weighted by atomic mass is 10.2. The van der Waals surface area contributed by atoms with E-state index >= 15 is 0 Å². The summed E-state index contributed by atoms with van der Waals surface area (Å²) in [5.74, 6) is 2.31. The van der Waals surface area contributed by atoms with Crippen LogP contribution in [0.4, 0.5) is 0 Å². The second kappa shape index (κ2) is 16.1. The van der Waals surface area contributed by atoms with E-state index in [9.17, 15) is 4.79 Å². The topological polar surface area (TPSA) is 75.2 Å². The molecular formula is C21H37IN4O3. The Balaban J connectivity index is 0.00000784. The van der Waals surface area contributed by atoms with Gasteiger partial charge in [-0.3, -0.25) is 4.79 Å². The molecular weight excluding hydrogens is 483 g/mol. The Morgan fingerprint density at radius 3 is 2.41 bits per heavy atom. The van der Waals surface area contributed by atoms with Crippen LogP contribution in [-0.2, 0) is 11.3 Å². The number of halogens is 1. The van der Waals surface area contributed by atoms with Gasteiger partial charge in [-0.1, -0.05) is 13.0 Å². The van der Waals surface area contributed by atoms with Crippen LogP contribution in [0.1, 0.15) is 46.1 Å². The van der Waals surface area contributed by atoms with E-state index in [0.29, 0.717) is 37.8 Å². The smallest absolute Gasteiger partial charge is 0.224 e. The summed E-state index contributed by atoms with van der Waals surface area (Å²) < 4.78 is 11.1. The lowest BCUT2D eigenvalue weighted by molar-refractivity contribution is -0.130. The summed E-state index contributed by atoms with van der Waals surface area (Å²) in [6.45, 7) is 12.0. The number of hydrogen-bond acceptors (Lipinski definition) is 4. The molecule has 29 heavy (non-hydrogen) atoms. The largest absolute Gasteiger partial charge is 0.493 e. The van der Waals surface area contributed by atoms with Gasteiger partial charge in [-0.25, -0.2) is 4.99 Å². The van der Waals surface area contributed by atoms with Gasteiger partial charge in [0.25, 0.3) is 0 Å². The van der Waals surface area contributed by atoms with Crippen LogP contribution in [0.25, 0.3) is 0 Å². The minimum atomic E-state index is 0. The van der Waals surface area contributed by atoms with Crippen molar-refractivity contribution in [2.24, 2.45) is 4.99 Å². The summed E-state index contributed by atoms with van der Waals surface area (Å²) in [6, 6.07) is 5.86. The minimum Gasteiger partial charge on any atom is -0.493 e. The van der Waals surface area contributed by atoms with Crippen LogP contribution in [-0.4, -0.2) is 56.7 Å². The van der Waals surface area contributed by atoms with E-state index in [1.54, 1.807) is 7.11 Å². The summed E-state index contributed by atoms with van der Waals surface area (Å²) in [7, 11) is 1.64. The van der Waals surface area contributed by atoms with Crippen molar-refractivity contribution in [2.45, 2.75) is 47.1 Å². The standard InChI is InChI=1S/C21H36N4O3.HI/c1-6-14-28-18-11-10-17(15-19(18)27-5)16-24-21(22-7-2)23-13-12-20(26)25(8-3)9-4;/h10-11,15H,6-9,12-14,16H2,1-5H3,(H2,22,23,24);1H. The molecule has 1 aromatic carbocycles. The minimum absolute atomic E-state index is 0. The van der Waals surface area contributed by atoms with Crippen LogP contribution in [0.2, 0.25) is 0 Å². The van der Waals surface area contributed by atoms with Gasteiger partial charge < -0.3 is 25.0 Å². The van der Waals surface area contributed by atoms with Gasteiger partial charge in [0.1, 0.15) is 0 Å². The lowest BCUT2D eigenvalue weighted by Gasteiger charge is -2.19. The van der Waals surface area contributed by atoms with Gasteiger partial charge in [-0.15, -0.1) is 24.0 Å². The summed E-state index contributed by atoms with van der Waals surface area (Å²) in [5.41, 5.74) is 1.03. The van der Waals surface area contributed by atoms with Crippen LogP contribution in [0, 0.1) is 0 Å². The Morgan fingerprint density at radius 1 is 1.10 bits per heavy atom. The molecule has 166 valence electrons. The molecule has 1 rings (SSSR count). The highest BCUT2D eigenvalue weighted by Crippen LogP contribution is 2.28. The monoisotopic (exact) mass is 520 g/mol. The number of nitrogens with zero attached hydrogens (tertiary/aromatic N) is 2. The number of benzene rings is 1. The van der Waals surface area contributed by atoms with Gasteiger partial charge in [0, 0.05) is 32.6 Å². The van der Waals surface area contributed by atoms with Crippen LogP contribution < -0.4 is 20.1 Å². The number of aliphatic imine (C=N–C) groups is 1. The van der Waals surface area contributed by atoms with Crippen molar-refractivity contribution in [3.63, 3.8) is 0 Å². The third-order valence-corrected chi connectivity index (χ3v) is 4.20. The van der Waals surface area contributed by atoms with Crippen molar-refractivity contribution < 1.29 is 14.3 Å². The summed E-state index contributed by atoms with van der Waals surface area (Å²) in [6.07, 6.45) is 1.40. The maximum absolute atomic E-state index is 12.1. The Labute approximate surface area is 192 Å². The zero-order valence-corrected chi connectivity index (χ0v) is 20.7. The van der Waals surface area contributed by atoms with Crippen molar-refractivity contribution in [3.8, 4) is 11.5 Å². The van der Waals surface area contributed by atoms with Crippen molar-refractivity contribution in [1.29, 1.82) is 0 Å². The Hall–Kier alpha value is -1.71. The van der Waals surface area contributed by atoms with Gasteiger partial charge >= 0.3 is 0 Å². The van der Waals surface area contributed by atoms with E-state index in [4.69, 9.17) is 9.47 Å². The molecule has 0 aromatic heterocycles.